The van der Waals surface area contributed by atoms with E-state index in [1.54, 1.807) is 12.1 Å². The summed E-state index contributed by atoms with van der Waals surface area (Å²) in [6.07, 6.45) is 0.614. The van der Waals surface area contributed by atoms with Crippen molar-refractivity contribution in [2.45, 2.75) is 6.61 Å². The van der Waals surface area contributed by atoms with Crippen LogP contribution >= 0.6 is 15.9 Å². The third-order valence-corrected chi connectivity index (χ3v) is 2.98. The zero-order valence-electron chi connectivity index (χ0n) is 9.52. The number of carbonyl (C=O) groups is 1. The number of anilines is 1. The molecular formula is C14H11BrNO2. The van der Waals surface area contributed by atoms with E-state index in [1.807, 2.05) is 30.3 Å². The summed E-state index contributed by atoms with van der Waals surface area (Å²) in [5.41, 5.74) is 1.65. The van der Waals surface area contributed by atoms with Crippen molar-refractivity contribution in [2.75, 3.05) is 5.32 Å². The second kappa shape index (κ2) is 6.21. The summed E-state index contributed by atoms with van der Waals surface area (Å²) >= 11 is 3.32. The lowest BCUT2D eigenvalue weighted by Crippen LogP contribution is -2.01. The van der Waals surface area contributed by atoms with Crippen molar-refractivity contribution in [1.82, 2.24) is 0 Å². The quantitative estimate of drug-likeness (QED) is 0.860. The molecule has 0 aliphatic carbocycles. The Kier molecular flexibility index (Phi) is 4.36. The molecule has 2 rings (SSSR count). The highest BCUT2D eigenvalue weighted by Gasteiger charge is 2.07. The van der Waals surface area contributed by atoms with Crippen molar-refractivity contribution in [3.8, 4) is 5.75 Å². The van der Waals surface area contributed by atoms with Crippen LogP contribution in [0.3, 0.4) is 0 Å². The van der Waals surface area contributed by atoms with Crippen LogP contribution in [0.25, 0.3) is 0 Å². The SMILES string of the molecule is O=CNc1c(Br)[c]ccc1OCc1ccccc1. The first-order valence-electron chi connectivity index (χ1n) is 5.38. The van der Waals surface area contributed by atoms with Gasteiger partial charge in [0.1, 0.15) is 12.4 Å². The number of benzene rings is 2. The number of amides is 1. The van der Waals surface area contributed by atoms with Crippen molar-refractivity contribution < 1.29 is 9.53 Å². The summed E-state index contributed by atoms with van der Waals surface area (Å²) in [7, 11) is 0. The fourth-order valence-corrected chi connectivity index (χ4v) is 1.95. The standard InChI is InChI=1S/C14H11BrNO2/c15-12-7-4-8-13(14(12)16-10-17)18-9-11-5-2-1-3-6-11/h1-6,8,10H,9H2,(H,16,17). The first-order chi connectivity index (χ1) is 8.81. The van der Waals surface area contributed by atoms with Crippen molar-refractivity contribution in [3.63, 3.8) is 0 Å². The summed E-state index contributed by atoms with van der Waals surface area (Å²) < 4.78 is 6.35. The first kappa shape index (κ1) is 12.6. The Labute approximate surface area is 114 Å². The van der Waals surface area contributed by atoms with Crippen LogP contribution in [0.1, 0.15) is 5.56 Å². The van der Waals surface area contributed by atoms with Gasteiger partial charge in [0, 0.05) is 0 Å². The third-order valence-electron chi connectivity index (χ3n) is 2.35. The first-order valence-corrected chi connectivity index (χ1v) is 6.17. The van der Waals surface area contributed by atoms with Gasteiger partial charge in [-0.15, -0.1) is 0 Å². The maximum Gasteiger partial charge on any atom is 0.211 e. The second-order valence-corrected chi connectivity index (χ2v) is 4.36. The minimum Gasteiger partial charge on any atom is -0.487 e. The van der Waals surface area contributed by atoms with E-state index in [0.29, 0.717) is 28.9 Å². The second-order valence-electron chi connectivity index (χ2n) is 3.57. The number of rotatable bonds is 5. The summed E-state index contributed by atoms with van der Waals surface area (Å²) in [5.74, 6) is 0.608. The van der Waals surface area contributed by atoms with Crippen LogP contribution in [0.2, 0.25) is 0 Å². The zero-order valence-corrected chi connectivity index (χ0v) is 11.1. The van der Waals surface area contributed by atoms with E-state index >= 15 is 0 Å². The molecule has 0 aromatic heterocycles. The summed E-state index contributed by atoms with van der Waals surface area (Å²) in [4.78, 5) is 10.6. The van der Waals surface area contributed by atoms with Crippen LogP contribution in [0, 0.1) is 6.07 Å². The van der Waals surface area contributed by atoms with Crippen molar-refractivity contribution in [3.05, 3.63) is 58.6 Å². The van der Waals surface area contributed by atoms with Crippen LogP contribution < -0.4 is 10.1 Å². The molecule has 0 atom stereocenters. The number of carbonyl (C=O) groups excluding carboxylic acids is 1. The Bertz CT molecular complexity index is 529. The molecule has 0 spiro atoms. The van der Waals surface area contributed by atoms with E-state index in [1.165, 1.54) is 0 Å². The molecule has 0 fully saturated rings. The predicted octanol–water partition coefficient (Wildman–Crippen LogP) is 3.40. The van der Waals surface area contributed by atoms with E-state index in [-0.39, 0.29) is 0 Å². The fourth-order valence-electron chi connectivity index (χ4n) is 1.50. The number of halogens is 1. The molecular weight excluding hydrogens is 294 g/mol. The van der Waals surface area contributed by atoms with E-state index in [2.05, 4.69) is 27.3 Å². The van der Waals surface area contributed by atoms with Gasteiger partial charge < -0.3 is 10.1 Å². The highest BCUT2D eigenvalue weighted by Crippen LogP contribution is 2.32. The van der Waals surface area contributed by atoms with E-state index in [9.17, 15) is 4.79 Å². The highest BCUT2D eigenvalue weighted by molar-refractivity contribution is 9.10. The van der Waals surface area contributed by atoms with Gasteiger partial charge in [-0.2, -0.15) is 0 Å². The summed E-state index contributed by atoms with van der Waals surface area (Å²) in [5, 5.41) is 2.60. The van der Waals surface area contributed by atoms with Gasteiger partial charge >= 0.3 is 0 Å². The van der Waals surface area contributed by atoms with Crippen LogP contribution in [0.15, 0.2) is 46.9 Å². The minimum absolute atomic E-state index is 0.449. The van der Waals surface area contributed by atoms with Crippen LogP contribution in [0.5, 0.6) is 5.75 Å². The molecule has 1 radical (unpaired) electrons. The Morgan fingerprint density at radius 1 is 1.28 bits per heavy atom. The molecule has 4 heteroatoms. The lowest BCUT2D eigenvalue weighted by molar-refractivity contribution is -0.105. The molecule has 2 aromatic carbocycles. The number of hydrogen-bond acceptors (Lipinski definition) is 2. The Hall–Kier alpha value is -1.81. The maximum atomic E-state index is 10.6. The van der Waals surface area contributed by atoms with Crippen LogP contribution in [-0.2, 0) is 11.4 Å². The molecule has 0 saturated carbocycles. The average molecular weight is 305 g/mol. The van der Waals surface area contributed by atoms with Crippen molar-refractivity contribution >= 4 is 28.0 Å². The molecule has 0 aliphatic rings. The molecule has 91 valence electrons. The van der Waals surface area contributed by atoms with E-state index < -0.39 is 0 Å². The molecule has 0 heterocycles. The number of hydrogen-bond donors (Lipinski definition) is 1. The molecule has 1 amide bonds. The van der Waals surface area contributed by atoms with Crippen molar-refractivity contribution in [1.29, 1.82) is 0 Å². The highest BCUT2D eigenvalue weighted by atomic mass is 79.9. The van der Waals surface area contributed by atoms with Gasteiger partial charge in [-0.3, -0.25) is 4.79 Å². The Morgan fingerprint density at radius 3 is 2.78 bits per heavy atom. The number of ether oxygens (including phenoxy) is 1. The van der Waals surface area contributed by atoms with Gasteiger partial charge in [0.2, 0.25) is 6.41 Å². The molecule has 0 bridgehead atoms. The minimum atomic E-state index is 0.449. The molecule has 1 N–H and O–H groups in total. The fraction of sp³-hybridized carbons (Fsp3) is 0.0714. The molecule has 0 unspecified atom stereocenters. The van der Waals surface area contributed by atoms with Gasteiger partial charge in [0.25, 0.3) is 0 Å². The smallest absolute Gasteiger partial charge is 0.211 e. The summed E-state index contributed by atoms with van der Waals surface area (Å²) in [6.45, 7) is 0.449. The largest absolute Gasteiger partial charge is 0.487 e. The Morgan fingerprint density at radius 2 is 2.06 bits per heavy atom. The van der Waals surface area contributed by atoms with E-state index in [0.717, 1.165) is 5.56 Å². The molecule has 0 aliphatic heterocycles. The zero-order chi connectivity index (χ0) is 12.8. The normalized spacial score (nSPS) is 9.83. The number of nitrogens with one attached hydrogen (secondary N) is 1. The maximum absolute atomic E-state index is 10.6. The van der Waals surface area contributed by atoms with E-state index in [4.69, 9.17) is 4.74 Å². The lowest BCUT2D eigenvalue weighted by atomic mass is 10.2. The van der Waals surface area contributed by atoms with Crippen LogP contribution in [-0.4, -0.2) is 6.41 Å². The van der Waals surface area contributed by atoms with Crippen LogP contribution in [0.4, 0.5) is 5.69 Å². The molecule has 2 aromatic rings. The van der Waals surface area contributed by atoms with Gasteiger partial charge in [-0.05, 0) is 39.7 Å². The monoisotopic (exact) mass is 304 g/mol. The van der Waals surface area contributed by atoms with Crippen molar-refractivity contribution in [2.24, 2.45) is 0 Å². The van der Waals surface area contributed by atoms with Gasteiger partial charge in [0.15, 0.2) is 0 Å². The Balaban J connectivity index is 2.14. The third kappa shape index (κ3) is 3.11. The van der Waals surface area contributed by atoms with Gasteiger partial charge in [-0.1, -0.05) is 30.3 Å². The topological polar surface area (TPSA) is 38.3 Å². The average Bonchev–Trinajstić information content (AvgIpc) is 2.41. The molecule has 0 saturated heterocycles. The summed E-state index contributed by atoms with van der Waals surface area (Å²) in [6, 6.07) is 16.3. The van der Waals surface area contributed by atoms with Gasteiger partial charge in [-0.25, -0.2) is 0 Å². The van der Waals surface area contributed by atoms with Gasteiger partial charge in [0.05, 0.1) is 10.2 Å². The molecule has 3 nitrogen and oxygen atoms in total. The lowest BCUT2D eigenvalue weighted by Gasteiger charge is -2.11. The predicted molar refractivity (Wildman–Crippen MR) is 73.4 cm³/mol. The molecule has 18 heavy (non-hydrogen) atoms.